The van der Waals surface area contributed by atoms with Crippen LogP contribution in [0.4, 0.5) is 16.5 Å². The van der Waals surface area contributed by atoms with Crippen LogP contribution >= 0.6 is 11.3 Å². The summed E-state index contributed by atoms with van der Waals surface area (Å²) in [5, 5.41) is 13.8. The van der Waals surface area contributed by atoms with E-state index in [1.807, 2.05) is 29.2 Å². The number of anilines is 3. The molecule has 0 radical (unpaired) electrons. The molecule has 21 heavy (non-hydrogen) atoms. The first-order valence-corrected chi connectivity index (χ1v) is 7.88. The average Bonchev–Trinajstić information content (AvgIpc) is 2.92. The first-order chi connectivity index (χ1) is 10.2. The SMILES string of the molecule is O=C1CN(c2nc3c(s2)C(O)CCC3)c2ccccc2N1. The molecule has 0 fully saturated rings. The van der Waals surface area contributed by atoms with Gasteiger partial charge in [0, 0.05) is 0 Å². The number of carbonyl (C=O) groups is 1. The van der Waals surface area contributed by atoms with Crippen molar-refractivity contribution in [1.82, 2.24) is 4.98 Å². The fourth-order valence-electron chi connectivity index (χ4n) is 2.90. The van der Waals surface area contributed by atoms with E-state index in [0.29, 0.717) is 0 Å². The summed E-state index contributed by atoms with van der Waals surface area (Å²) >= 11 is 1.50. The zero-order chi connectivity index (χ0) is 14.4. The van der Waals surface area contributed by atoms with Crippen LogP contribution in [0.5, 0.6) is 0 Å². The molecule has 1 unspecified atom stereocenters. The minimum atomic E-state index is -0.408. The molecule has 2 heterocycles. The lowest BCUT2D eigenvalue weighted by Crippen LogP contribution is -2.34. The highest BCUT2D eigenvalue weighted by Crippen LogP contribution is 2.41. The van der Waals surface area contributed by atoms with Crippen molar-refractivity contribution in [3.8, 4) is 0 Å². The molecule has 1 aliphatic carbocycles. The van der Waals surface area contributed by atoms with E-state index in [-0.39, 0.29) is 12.5 Å². The molecule has 1 aromatic heterocycles. The zero-order valence-electron chi connectivity index (χ0n) is 11.4. The number of amides is 1. The molecule has 108 valence electrons. The molecular weight excluding hydrogens is 286 g/mol. The van der Waals surface area contributed by atoms with E-state index >= 15 is 0 Å². The Hall–Kier alpha value is -1.92. The quantitative estimate of drug-likeness (QED) is 0.850. The van der Waals surface area contributed by atoms with Gasteiger partial charge < -0.3 is 15.3 Å². The van der Waals surface area contributed by atoms with E-state index in [1.165, 1.54) is 11.3 Å². The number of aliphatic hydroxyl groups excluding tert-OH is 1. The van der Waals surface area contributed by atoms with Crippen LogP contribution in [-0.2, 0) is 11.2 Å². The predicted molar refractivity (Wildman–Crippen MR) is 82.1 cm³/mol. The van der Waals surface area contributed by atoms with Crippen molar-refractivity contribution in [3.63, 3.8) is 0 Å². The number of hydrogen-bond acceptors (Lipinski definition) is 5. The second kappa shape index (κ2) is 4.82. The van der Waals surface area contributed by atoms with E-state index in [4.69, 9.17) is 0 Å². The Kier molecular flexibility index (Phi) is 2.94. The van der Waals surface area contributed by atoms with Crippen molar-refractivity contribution < 1.29 is 9.90 Å². The maximum absolute atomic E-state index is 11.9. The third-order valence-electron chi connectivity index (χ3n) is 3.91. The van der Waals surface area contributed by atoms with Gasteiger partial charge in [-0.05, 0) is 31.4 Å². The van der Waals surface area contributed by atoms with Crippen LogP contribution in [0.25, 0.3) is 0 Å². The number of para-hydroxylation sites is 2. The van der Waals surface area contributed by atoms with Crippen molar-refractivity contribution in [2.24, 2.45) is 0 Å². The van der Waals surface area contributed by atoms with Gasteiger partial charge in [-0.15, -0.1) is 0 Å². The summed E-state index contributed by atoms with van der Waals surface area (Å²) in [5.74, 6) is -0.0394. The van der Waals surface area contributed by atoms with Crippen molar-refractivity contribution in [1.29, 1.82) is 0 Å². The fraction of sp³-hybridized carbons (Fsp3) is 0.333. The number of hydrogen-bond donors (Lipinski definition) is 2. The Morgan fingerprint density at radius 3 is 3.10 bits per heavy atom. The molecule has 0 spiro atoms. The van der Waals surface area contributed by atoms with Crippen LogP contribution < -0.4 is 10.2 Å². The standard InChI is InChI=1S/C15H15N3O2S/c19-12-7-3-5-10-14(12)21-15(17-10)18-8-13(20)16-9-4-1-2-6-11(9)18/h1-2,4,6,12,19H,3,5,7-8H2,(H,16,20). The van der Waals surface area contributed by atoms with E-state index in [0.717, 1.165) is 46.3 Å². The summed E-state index contributed by atoms with van der Waals surface area (Å²) in [6.45, 7) is 0.263. The number of thiazole rings is 1. The molecule has 1 aromatic carbocycles. The van der Waals surface area contributed by atoms with E-state index in [9.17, 15) is 9.90 Å². The Balaban J connectivity index is 1.79. The second-order valence-electron chi connectivity index (χ2n) is 5.37. The van der Waals surface area contributed by atoms with Crippen molar-refractivity contribution in [2.45, 2.75) is 25.4 Å². The summed E-state index contributed by atoms with van der Waals surface area (Å²) < 4.78 is 0. The highest BCUT2D eigenvalue weighted by molar-refractivity contribution is 7.15. The Labute approximate surface area is 126 Å². The second-order valence-corrected chi connectivity index (χ2v) is 6.38. The first-order valence-electron chi connectivity index (χ1n) is 7.06. The molecule has 6 heteroatoms. The molecule has 2 aliphatic rings. The average molecular weight is 301 g/mol. The van der Waals surface area contributed by atoms with Crippen LogP contribution in [0.2, 0.25) is 0 Å². The van der Waals surface area contributed by atoms with Crippen molar-refractivity contribution in [3.05, 3.63) is 34.8 Å². The van der Waals surface area contributed by atoms with Gasteiger partial charge in [-0.1, -0.05) is 23.5 Å². The maximum Gasteiger partial charge on any atom is 0.244 e. The van der Waals surface area contributed by atoms with Crippen LogP contribution in [0, 0.1) is 0 Å². The molecule has 1 amide bonds. The number of nitrogens with zero attached hydrogens (tertiary/aromatic N) is 2. The molecular formula is C15H15N3O2S. The number of nitrogens with one attached hydrogen (secondary N) is 1. The van der Waals surface area contributed by atoms with E-state index in [1.54, 1.807) is 0 Å². The van der Waals surface area contributed by atoms with Gasteiger partial charge in [-0.2, -0.15) is 0 Å². The monoisotopic (exact) mass is 301 g/mol. The number of aryl methyl sites for hydroxylation is 1. The normalized spacial score (nSPS) is 20.7. The molecule has 0 bridgehead atoms. The number of rotatable bonds is 1. The summed E-state index contributed by atoms with van der Waals surface area (Å²) in [4.78, 5) is 19.4. The summed E-state index contributed by atoms with van der Waals surface area (Å²) in [6.07, 6.45) is 2.26. The third-order valence-corrected chi connectivity index (χ3v) is 5.13. The van der Waals surface area contributed by atoms with Crippen LogP contribution in [0.15, 0.2) is 24.3 Å². The van der Waals surface area contributed by atoms with E-state index in [2.05, 4.69) is 10.3 Å². The lowest BCUT2D eigenvalue weighted by Gasteiger charge is -2.28. The molecule has 2 aromatic rings. The number of carbonyl (C=O) groups excluding carboxylic acids is 1. The number of benzene rings is 1. The molecule has 0 saturated carbocycles. The number of fused-ring (bicyclic) bond motifs is 2. The van der Waals surface area contributed by atoms with Gasteiger partial charge >= 0.3 is 0 Å². The fourth-order valence-corrected chi connectivity index (χ4v) is 4.05. The zero-order valence-corrected chi connectivity index (χ0v) is 12.2. The first kappa shape index (κ1) is 12.8. The molecule has 1 aliphatic heterocycles. The largest absolute Gasteiger partial charge is 0.388 e. The molecule has 2 N–H and O–H groups in total. The predicted octanol–water partition coefficient (Wildman–Crippen LogP) is 2.60. The number of aromatic nitrogens is 1. The Bertz CT molecular complexity index is 713. The summed E-state index contributed by atoms with van der Waals surface area (Å²) in [6, 6.07) is 7.72. The highest BCUT2D eigenvalue weighted by Gasteiger charge is 2.29. The molecule has 4 rings (SSSR count). The van der Waals surface area contributed by atoms with Crippen molar-refractivity contribution >= 4 is 33.8 Å². The topological polar surface area (TPSA) is 65.5 Å². The lowest BCUT2D eigenvalue weighted by atomic mass is 10.0. The molecule has 0 saturated heterocycles. The van der Waals surface area contributed by atoms with Gasteiger partial charge in [0.2, 0.25) is 5.91 Å². The third kappa shape index (κ3) is 2.11. The van der Waals surface area contributed by atoms with Gasteiger partial charge in [-0.3, -0.25) is 4.79 Å². The van der Waals surface area contributed by atoms with Crippen LogP contribution in [0.3, 0.4) is 0 Å². The number of aliphatic hydroxyl groups is 1. The van der Waals surface area contributed by atoms with Gasteiger partial charge in [0.25, 0.3) is 0 Å². The van der Waals surface area contributed by atoms with Gasteiger partial charge in [0.1, 0.15) is 6.54 Å². The summed E-state index contributed by atoms with van der Waals surface area (Å²) in [5.41, 5.74) is 2.75. The van der Waals surface area contributed by atoms with Crippen LogP contribution in [0.1, 0.15) is 29.5 Å². The maximum atomic E-state index is 11.9. The van der Waals surface area contributed by atoms with Crippen LogP contribution in [-0.4, -0.2) is 22.5 Å². The van der Waals surface area contributed by atoms with Gasteiger partial charge in [0.15, 0.2) is 5.13 Å². The smallest absolute Gasteiger partial charge is 0.244 e. The highest BCUT2D eigenvalue weighted by atomic mass is 32.1. The van der Waals surface area contributed by atoms with E-state index < -0.39 is 6.10 Å². The van der Waals surface area contributed by atoms with Gasteiger partial charge in [0.05, 0.1) is 28.0 Å². The molecule has 5 nitrogen and oxygen atoms in total. The Morgan fingerprint density at radius 1 is 1.38 bits per heavy atom. The lowest BCUT2D eigenvalue weighted by molar-refractivity contribution is -0.115. The summed E-state index contributed by atoms with van der Waals surface area (Å²) in [7, 11) is 0. The van der Waals surface area contributed by atoms with Crippen molar-refractivity contribution in [2.75, 3.05) is 16.8 Å². The minimum absolute atomic E-state index is 0.0394. The minimum Gasteiger partial charge on any atom is -0.388 e. The Morgan fingerprint density at radius 2 is 2.24 bits per heavy atom. The van der Waals surface area contributed by atoms with Gasteiger partial charge in [-0.25, -0.2) is 4.98 Å². The molecule has 1 atom stereocenters.